The second kappa shape index (κ2) is 12.8. The van der Waals surface area contributed by atoms with Gasteiger partial charge in [-0.25, -0.2) is 8.78 Å². The van der Waals surface area contributed by atoms with E-state index in [1.54, 1.807) is 20.8 Å². The van der Waals surface area contributed by atoms with Crippen LogP contribution in [0.2, 0.25) is 0 Å². The normalized spacial score (nSPS) is 23.4. The number of nitrogens with one attached hydrogen (secondary N) is 2. The van der Waals surface area contributed by atoms with Crippen molar-refractivity contribution in [2.24, 2.45) is 11.3 Å². The molecule has 2 aliphatic carbocycles. The van der Waals surface area contributed by atoms with E-state index in [-0.39, 0.29) is 28.7 Å². The number of carbonyl (C=O) groups excluding carboxylic acids is 3. The Labute approximate surface area is 258 Å². The van der Waals surface area contributed by atoms with Crippen LogP contribution in [-0.2, 0) is 20.5 Å². The van der Waals surface area contributed by atoms with Crippen molar-refractivity contribution in [3.05, 3.63) is 53.1 Å². The molecule has 0 heterocycles. The van der Waals surface area contributed by atoms with E-state index in [0.29, 0.717) is 50.7 Å². The Kier molecular flexibility index (Phi) is 9.70. The molecule has 2 aliphatic rings. The summed E-state index contributed by atoms with van der Waals surface area (Å²) in [5.74, 6) is -4.82. The van der Waals surface area contributed by atoms with Gasteiger partial charge < -0.3 is 24.8 Å². The molecule has 0 saturated heterocycles. The third kappa shape index (κ3) is 8.04. The number of amides is 2. The highest BCUT2D eigenvalue weighted by Gasteiger charge is 2.42. The van der Waals surface area contributed by atoms with Crippen molar-refractivity contribution in [1.82, 2.24) is 5.32 Å². The predicted octanol–water partition coefficient (Wildman–Crippen LogP) is 6.81. The lowest BCUT2D eigenvalue weighted by atomic mass is 9.74. The van der Waals surface area contributed by atoms with E-state index in [2.05, 4.69) is 10.6 Å². The summed E-state index contributed by atoms with van der Waals surface area (Å²) in [4.78, 5) is 38.8. The van der Waals surface area contributed by atoms with Crippen molar-refractivity contribution < 1.29 is 50.5 Å². The Morgan fingerprint density at radius 3 is 2.13 bits per heavy atom. The van der Waals surface area contributed by atoms with Gasteiger partial charge in [0.2, 0.25) is 5.91 Å². The molecule has 0 aliphatic heterocycles. The first kappa shape index (κ1) is 34.0. The van der Waals surface area contributed by atoms with E-state index in [1.807, 2.05) is 6.92 Å². The van der Waals surface area contributed by atoms with Crippen LogP contribution >= 0.6 is 0 Å². The van der Waals surface area contributed by atoms with Crippen molar-refractivity contribution in [1.29, 1.82) is 0 Å². The Morgan fingerprint density at radius 1 is 0.911 bits per heavy atom. The van der Waals surface area contributed by atoms with Crippen LogP contribution in [0.25, 0.3) is 0 Å². The highest BCUT2D eigenvalue weighted by atomic mass is 19.4. The number of anilines is 1. The Hall–Kier alpha value is -3.90. The number of hydrogen-bond acceptors (Lipinski definition) is 6. The van der Waals surface area contributed by atoms with Crippen LogP contribution < -0.4 is 20.1 Å². The quantitative estimate of drug-likeness (QED) is 0.243. The summed E-state index contributed by atoms with van der Waals surface area (Å²) in [5.41, 5.74) is -3.10. The third-order valence-corrected chi connectivity index (χ3v) is 8.19. The zero-order valence-corrected chi connectivity index (χ0v) is 25.7. The van der Waals surface area contributed by atoms with Gasteiger partial charge in [-0.15, -0.1) is 0 Å². The van der Waals surface area contributed by atoms with Gasteiger partial charge in [-0.05, 0) is 90.5 Å². The van der Waals surface area contributed by atoms with E-state index in [0.717, 1.165) is 12.1 Å². The molecule has 8 nitrogen and oxygen atoms in total. The van der Waals surface area contributed by atoms with Crippen molar-refractivity contribution >= 4 is 23.5 Å². The molecule has 2 aromatic carbocycles. The van der Waals surface area contributed by atoms with Gasteiger partial charge in [-0.3, -0.25) is 14.4 Å². The van der Waals surface area contributed by atoms with Crippen LogP contribution in [0.3, 0.4) is 0 Å². The molecule has 0 bridgehead atoms. The van der Waals surface area contributed by atoms with Crippen LogP contribution in [0.5, 0.6) is 11.5 Å². The molecule has 0 spiro atoms. The fourth-order valence-corrected chi connectivity index (χ4v) is 5.39. The third-order valence-electron chi connectivity index (χ3n) is 8.19. The Morgan fingerprint density at radius 2 is 1.58 bits per heavy atom. The first-order valence-corrected chi connectivity index (χ1v) is 14.7. The number of esters is 1. The molecule has 2 saturated carbocycles. The van der Waals surface area contributed by atoms with Crippen molar-refractivity contribution in [2.75, 3.05) is 12.4 Å². The monoisotopic (exact) mass is 640 g/mol. The highest BCUT2D eigenvalue weighted by Crippen LogP contribution is 2.40. The smallest absolute Gasteiger partial charge is 0.419 e. The van der Waals surface area contributed by atoms with E-state index in [1.165, 1.54) is 13.2 Å². The first-order valence-electron chi connectivity index (χ1n) is 14.7. The fraction of sp³-hybridized carbons (Fsp3) is 0.531. The van der Waals surface area contributed by atoms with Crippen molar-refractivity contribution in [2.45, 2.75) is 90.1 Å². The maximum Gasteiger partial charge on any atom is 0.419 e. The van der Waals surface area contributed by atoms with Gasteiger partial charge in [0.15, 0.2) is 11.6 Å². The number of halogens is 5. The predicted molar refractivity (Wildman–Crippen MR) is 154 cm³/mol. The van der Waals surface area contributed by atoms with Gasteiger partial charge in [0.25, 0.3) is 5.91 Å². The van der Waals surface area contributed by atoms with Crippen LogP contribution in [0.4, 0.5) is 27.6 Å². The molecule has 246 valence electrons. The van der Waals surface area contributed by atoms with Crippen LogP contribution in [0.15, 0.2) is 30.3 Å². The molecule has 2 N–H and O–H groups in total. The SMILES string of the molecule is COc1cc(F)c(O[C@H]2CC[C@@](C)(C(=O)OC(C)(C)C)CC2)cc1C(=O)N[C@@H]1CC[C@@H]1C(=O)Nc1ccc(F)c(C(F)(F)F)c1. The van der Waals surface area contributed by atoms with E-state index >= 15 is 0 Å². The number of benzene rings is 2. The molecule has 0 radical (unpaired) electrons. The lowest BCUT2D eigenvalue weighted by molar-refractivity contribution is -0.169. The van der Waals surface area contributed by atoms with E-state index < -0.39 is 64.3 Å². The van der Waals surface area contributed by atoms with Crippen LogP contribution in [-0.4, -0.2) is 42.6 Å². The summed E-state index contributed by atoms with van der Waals surface area (Å²) in [6.45, 7) is 7.23. The van der Waals surface area contributed by atoms with Gasteiger partial charge in [-0.1, -0.05) is 0 Å². The molecule has 2 atom stereocenters. The average molecular weight is 641 g/mol. The molecule has 13 heteroatoms. The second-order valence-electron chi connectivity index (χ2n) is 12.8. The number of rotatable bonds is 8. The number of hydrogen-bond donors (Lipinski definition) is 2. The molecule has 2 fully saturated rings. The highest BCUT2D eigenvalue weighted by molar-refractivity contribution is 5.99. The molecular formula is C32H37F5N2O6. The molecule has 2 amide bonds. The minimum absolute atomic E-state index is 0.0392. The summed E-state index contributed by atoms with van der Waals surface area (Å²) in [6, 6.07) is 3.72. The number of alkyl halides is 3. The number of ether oxygens (including phenoxy) is 3. The van der Waals surface area contributed by atoms with Crippen LogP contribution in [0, 0.1) is 23.0 Å². The molecular weight excluding hydrogens is 603 g/mol. The van der Waals surface area contributed by atoms with Crippen LogP contribution in [0.1, 0.15) is 82.1 Å². The number of methoxy groups -OCH3 is 1. The summed E-state index contributed by atoms with van der Waals surface area (Å²) < 4.78 is 84.5. The van der Waals surface area contributed by atoms with Gasteiger partial charge >= 0.3 is 12.1 Å². The standard InChI is InChI=1S/C32H37F5N2O6/c1-30(2,3)45-29(42)31(4)12-10-18(11-13-31)44-26-15-20(25(43-5)16-23(26)34)28(41)39-24-9-7-19(24)27(40)38-17-6-8-22(33)21(14-17)32(35,36)37/h6,8,14-16,18-19,24H,7,9-13H2,1-5H3,(H,38,40)(H,39,41)/t18-,19-,24+,31+/m0/s1. The van der Waals surface area contributed by atoms with E-state index in [4.69, 9.17) is 14.2 Å². The maximum absolute atomic E-state index is 15.0. The van der Waals surface area contributed by atoms with Crippen molar-refractivity contribution in [3.63, 3.8) is 0 Å². The Bertz CT molecular complexity index is 1450. The largest absolute Gasteiger partial charge is 0.496 e. The molecule has 0 unspecified atom stereocenters. The van der Waals surface area contributed by atoms with Gasteiger partial charge in [0.1, 0.15) is 17.2 Å². The zero-order chi connectivity index (χ0) is 33.3. The lowest BCUT2D eigenvalue weighted by Crippen LogP contribution is -2.51. The van der Waals surface area contributed by atoms with Crippen molar-refractivity contribution in [3.8, 4) is 11.5 Å². The molecule has 2 aromatic rings. The summed E-state index contributed by atoms with van der Waals surface area (Å²) in [5, 5.41) is 5.07. The minimum Gasteiger partial charge on any atom is -0.496 e. The summed E-state index contributed by atoms with van der Waals surface area (Å²) in [7, 11) is 1.27. The second-order valence-corrected chi connectivity index (χ2v) is 12.8. The lowest BCUT2D eigenvalue weighted by Gasteiger charge is -2.37. The average Bonchev–Trinajstić information content (AvgIpc) is 2.92. The zero-order valence-electron chi connectivity index (χ0n) is 25.7. The molecule has 0 aromatic heterocycles. The minimum atomic E-state index is -4.94. The van der Waals surface area contributed by atoms with Gasteiger partial charge in [0.05, 0.1) is 35.7 Å². The maximum atomic E-state index is 15.0. The molecule has 45 heavy (non-hydrogen) atoms. The summed E-state index contributed by atoms with van der Waals surface area (Å²) >= 11 is 0. The topological polar surface area (TPSA) is 103 Å². The van der Waals surface area contributed by atoms with Gasteiger partial charge in [-0.2, -0.15) is 13.2 Å². The fourth-order valence-electron chi connectivity index (χ4n) is 5.39. The number of carbonyl (C=O) groups is 3. The molecule has 4 rings (SSSR count). The summed E-state index contributed by atoms with van der Waals surface area (Å²) in [6.07, 6.45) is -2.73. The van der Waals surface area contributed by atoms with Gasteiger partial charge in [0, 0.05) is 17.8 Å². The Balaban J connectivity index is 1.40. The van der Waals surface area contributed by atoms with E-state index in [9.17, 15) is 36.3 Å². The first-order chi connectivity index (χ1) is 20.9.